The summed E-state index contributed by atoms with van der Waals surface area (Å²) in [6.07, 6.45) is 0.478. The molecule has 0 saturated carbocycles. The molecule has 0 saturated heterocycles. The van der Waals surface area contributed by atoms with Crippen molar-refractivity contribution in [2.24, 2.45) is 0 Å². The standard InChI is InChI=1S/C12H16O2S/c1-7-4-9(3)10(5-8(7)2)6-11(15)12(13)14/h4-5,11,15H,6H2,1-3H3,(H,13,14). The van der Waals surface area contributed by atoms with E-state index in [4.69, 9.17) is 5.11 Å². The number of thiol groups is 1. The number of aliphatic carboxylic acids is 1. The Kier molecular flexibility index (Phi) is 3.80. The summed E-state index contributed by atoms with van der Waals surface area (Å²) >= 11 is 4.04. The summed E-state index contributed by atoms with van der Waals surface area (Å²) in [6.45, 7) is 6.10. The van der Waals surface area contributed by atoms with Gasteiger partial charge >= 0.3 is 5.97 Å². The highest BCUT2D eigenvalue weighted by atomic mass is 32.1. The Morgan fingerprint density at radius 2 is 1.80 bits per heavy atom. The van der Waals surface area contributed by atoms with Gasteiger partial charge in [0, 0.05) is 0 Å². The molecule has 15 heavy (non-hydrogen) atoms. The van der Waals surface area contributed by atoms with Crippen molar-refractivity contribution in [1.82, 2.24) is 0 Å². The van der Waals surface area contributed by atoms with Crippen molar-refractivity contribution in [2.45, 2.75) is 32.4 Å². The van der Waals surface area contributed by atoms with Crippen LogP contribution < -0.4 is 0 Å². The second-order valence-corrected chi connectivity index (χ2v) is 4.54. The molecule has 82 valence electrons. The summed E-state index contributed by atoms with van der Waals surface area (Å²) in [5.41, 5.74) is 4.64. The molecule has 0 aliphatic heterocycles. The summed E-state index contributed by atoms with van der Waals surface area (Å²) in [5.74, 6) is -0.865. The summed E-state index contributed by atoms with van der Waals surface area (Å²) < 4.78 is 0. The molecule has 0 amide bonds. The van der Waals surface area contributed by atoms with E-state index in [0.29, 0.717) is 6.42 Å². The molecule has 0 heterocycles. The van der Waals surface area contributed by atoms with Crippen LogP contribution in [0.4, 0.5) is 0 Å². The molecule has 0 aromatic heterocycles. The highest BCUT2D eigenvalue weighted by molar-refractivity contribution is 7.81. The summed E-state index contributed by atoms with van der Waals surface area (Å²) in [4.78, 5) is 10.7. The minimum absolute atomic E-state index is 0.478. The number of rotatable bonds is 3. The minimum Gasteiger partial charge on any atom is -0.480 e. The van der Waals surface area contributed by atoms with Gasteiger partial charge in [-0.2, -0.15) is 12.6 Å². The lowest BCUT2D eigenvalue weighted by atomic mass is 9.98. The third-order valence-electron chi connectivity index (χ3n) is 2.65. The van der Waals surface area contributed by atoms with Gasteiger partial charge in [0.1, 0.15) is 5.25 Å². The number of aryl methyl sites for hydroxylation is 3. The van der Waals surface area contributed by atoms with Crippen molar-refractivity contribution in [1.29, 1.82) is 0 Å². The largest absolute Gasteiger partial charge is 0.480 e. The van der Waals surface area contributed by atoms with E-state index < -0.39 is 11.2 Å². The lowest BCUT2D eigenvalue weighted by Gasteiger charge is -2.11. The average molecular weight is 224 g/mol. The maximum Gasteiger partial charge on any atom is 0.316 e. The van der Waals surface area contributed by atoms with Crippen molar-refractivity contribution >= 4 is 18.6 Å². The van der Waals surface area contributed by atoms with Gasteiger partial charge in [0.2, 0.25) is 0 Å². The van der Waals surface area contributed by atoms with E-state index in [-0.39, 0.29) is 0 Å². The van der Waals surface area contributed by atoms with Crippen LogP contribution in [-0.4, -0.2) is 16.3 Å². The number of carboxylic acids is 1. The smallest absolute Gasteiger partial charge is 0.316 e. The molecule has 1 rings (SSSR count). The van der Waals surface area contributed by atoms with Gasteiger partial charge in [0.25, 0.3) is 0 Å². The van der Waals surface area contributed by atoms with Crippen molar-refractivity contribution in [2.75, 3.05) is 0 Å². The average Bonchev–Trinajstić information content (AvgIpc) is 2.13. The molecule has 1 aromatic carbocycles. The van der Waals surface area contributed by atoms with Gasteiger partial charge < -0.3 is 5.11 Å². The molecule has 0 aliphatic rings. The zero-order valence-corrected chi connectivity index (χ0v) is 10.1. The topological polar surface area (TPSA) is 37.3 Å². The molecule has 0 spiro atoms. The van der Waals surface area contributed by atoms with Crippen LogP contribution in [0.1, 0.15) is 22.3 Å². The van der Waals surface area contributed by atoms with Crippen molar-refractivity contribution < 1.29 is 9.90 Å². The minimum atomic E-state index is -0.865. The zero-order chi connectivity index (χ0) is 11.6. The van der Waals surface area contributed by atoms with Gasteiger partial charge in [-0.3, -0.25) is 4.79 Å². The lowest BCUT2D eigenvalue weighted by molar-refractivity contribution is -0.136. The first-order valence-corrected chi connectivity index (χ1v) is 5.41. The van der Waals surface area contributed by atoms with Crippen molar-refractivity contribution in [3.8, 4) is 0 Å². The predicted molar refractivity (Wildman–Crippen MR) is 64.8 cm³/mol. The first-order chi connectivity index (χ1) is 6.91. The number of benzene rings is 1. The number of carbonyl (C=O) groups is 1. The van der Waals surface area contributed by atoms with Gasteiger partial charge in [-0.1, -0.05) is 12.1 Å². The van der Waals surface area contributed by atoms with Gasteiger partial charge in [-0.25, -0.2) is 0 Å². The van der Waals surface area contributed by atoms with E-state index in [1.165, 1.54) is 11.1 Å². The van der Waals surface area contributed by atoms with Gasteiger partial charge in [-0.15, -0.1) is 0 Å². The van der Waals surface area contributed by atoms with E-state index in [0.717, 1.165) is 11.1 Å². The van der Waals surface area contributed by atoms with E-state index >= 15 is 0 Å². The third-order valence-corrected chi connectivity index (χ3v) is 3.05. The van der Waals surface area contributed by atoms with Crippen molar-refractivity contribution in [3.63, 3.8) is 0 Å². The summed E-state index contributed by atoms with van der Waals surface area (Å²) in [7, 11) is 0. The lowest BCUT2D eigenvalue weighted by Crippen LogP contribution is -2.16. The SMILES string of the molecule is Cc1cc(C)c(CC(S)C(=O)O)cc1C. The van der Waals surface area contributed by atoms with Gasteiger partial charge in [0.15, 0.2) is 0 Å². The second-order valence-electron chi connectivity index (χ2n) is 3.92. The van der Waals surface area contributed by atoms with Crippen LogP contribution in [0.3, 0.4) is 0 Å². The Hall–Kier alpha value is -0.960. The monoisotopic (exact) mass is 224 g/mol. The highest BCUT2D eigenvalue weighted by Crippen LogP contribution is 2.18. The molecule has 1 N–H and O–H groups in total. The molecule has 3 heteroatoms. The van der Waals surface area contributed by atoms with Crippen molar-refractivity contribution in [3.05, 3.63) is 34.4 Å². The molecule has 1 aromatic rings. The molecule has 1 unspecified atom stereocenters. The number of hydrogen-bond acceptors (Lipinski definition) is 2. The molecule has 0 aliphatic carbocycles. The Bertz CT molecular complexity index is 385. The van der Waals surface area contributed by atoms with Crippen LogP contribution in [0.2, 0.25) is 0 Å². The molecule has 0 radical (unpaired) electrons. The summed E-state index contributed by atoms with van der Waals surface area (Å²) in [5, 5.41) is 8.16. The van der Waals surface area contributed by atoms with Crippen LogP contribution in [0.5, 0.6) is 0 Å². The van der Waals surface area contributed by atoms with Gasteiger partial charge in [-0.05, 0) is 49.4 Å². The van der Waals surface area contributed by atoms with Gasteiger partial charge in [0.05, 0.1) is 0 Å². The van der Waals surface area contributed by atoms with E-state index in [2.05, 4.69) is 31.7 Å². The Morgan fingerprint density at radius 1 is 1.27 bits per heavy atom. The summed E-state index contributed by atoms with van der Waals surface area (Å²) in [6, 6.07) is 4.14. The first-order valence-electron chi connectivity index (χ1n) is 4.89. The van der Waals surface area contributed by atoms with Crippen LogP contribution in [-0.2, 0) is 11.2 Å². The first kappa shape index (κ1) is 12.1. The van der Waals surface area contributed by atoms with Crippen LogP contribution >= 0.6 is 12.6 Å². The fourth-order valence-electron chi connectivity index (χ4n) is 1.54. The third kappa shape index (κ3) is 2.99. The van der Waals surface area contributed by atoms with E-state index in [1.807, 2.05) is 13.8 Å². The maximum atomic E-state index is 10.7. The molecular weight excluding hydrogens is 208 g/mol. The molecule has 1 atom stereocenters. The fraction of sp³-hybridized carbons (Fsp3) is 0.417. The number of hydrogen-bond donors (Lipinski definition) is 2. The van der Waals surface area contributed by atoms with Crippen LogP contribution in [0, 0.1) is 20.8 Å². The second kappa shape index (κ2) is 4.71. The Labute approximate surface area is 95.7 Å². The van der Waals surface area contributed by atoms with E-state index in [9.17, 15) is 4.79 Å². The predicted octanol–water partition coefficient (Wildman–Crippen LogP) is 2.54. The Balaban J connectivity index is 2.95. The fourth-order valence-corrected chi connectivity index (χ4v) is 1.73. The maximum absolute atomic E-state index is 10.7. The number of carboxylic acid groups (broad SMARTS) is 1. The zero-order valence-electron chi connectivity index (χ0n) is 9.24. The van der Waals surface area contributed by atoms with Crippen LogP contribution in [0.25, 0.3) is 0 Å². The van der Waals surface area contributed by atoms with E-state index in [1.54, 1.807) is 0 Å². The Morgan fingerprint density at radius 3 is 2.33 bits per heavy atom. The normalized spacial score (nSPS) is 12.5. The molecule has 2 nitrogen and oxygen atoms in total. The quantitative estimate of drug-likeness (QED) is 0.774. The highest BCUT2D eigenvalue weighted by Gasteiger charge is 2.14. The molecule has 0 fully saturated rings. The molecular formula is C12H16O2S. The molecule has 0 bridgehead atoms. The van der Waals surface area contributed by atoms with Crippen LogP contribution in [0.15, 0.2) is 12.1 Å².